The third-order valence-electron chi connectivity index (χ3n) is 4.83. The van der Waals surface area contributed by atoms with Crippen molar-refractivity contribution in [1.82, 2.24) is 19.5 Å². The molecule has 0 aliphatic rings. The lowest BCUT2D eigenvalue weighted by molar-refractivity contribution is 0.340. The van der Waals surface area contributed by atoms with Crippen molar-refractivity contribution in [3.63, 3.8) is 0 Å². The Balaban J connectivity index is 1.89. The van der Waals surface area contributed by atoms with E-state index in [1.54, 1.807) is 0 Å². The van der Waals surface area contributed by atoms with Crippen LogP contribution in [0.2, 0.25) is 10.0 Å². The van der Waals surface area contributed by atoms with Gasteiger partial charge in [0.2, 0.25) is 0 Å². The van der Waals surface area contributed by atoms with E-state index in [1.165, 1.54) is 0 Å². The minimum atomic E-state index is 0.148. The molecule has 0 saturated heterocycles. The first kappa shape index (κ1) is 20.7. The van der Waals surface area contributed by atoms with E-state index in [1.807, 2.05) is 55.5 Å². The zero-order chi connectivity index (χ0) is 21.5. The van der Waals surface area contributed by atoms with Crippen molar-refractivity contribution in [2.45, 2.75) is 34.2 Å². The Morgan fingerprint density at radius 1 is 0.933 bits per heavy atom. The third-order valence-corrected chi connectivity index (χ3v) is 5.46. The number of imidazole rings is 2. The number of hydrogen-bond acceptors (Lipinski definition) is 2. The minimum Gasteiger partial charge on any atom is -0.336 e. The molecule has 0 fully saturated rings. The molecule has 0 atom stereocenters. The molecule has 6 heteroatoms. The fraction of sp³-hybridized carbons (Fsp3) is 0.250. The van der Waals surface area contributed by atoms with E-state index in [9.17, 15) is 0 Å². The van der Waals surface area contributed by atoms with Crippen molar-refractivity contribution in [2.24, 2.45) is 5.41 Å². The number of aromatic nitrogens is 4. The average Bonchev–Trinajstić information content (AvgIpc) is 3.25. The van der Waals surface area contributed by atoms with Crippen molar-refractivity contribution in [3.8, 4) is 34.0 Å². The Morgan fingerprint density at radius 2 is 1.60 bits per heavy atom. The molecule has 1 N–H and O–H groups in total. The lowest BCUT2D eigenvalue weighted by Crippen LogP contribution is -2.15. The van der Waals surface area contributed by atoms with Crippen LogP contribution in [-0.2, 0) is 6.54 Å². The fourth-order valence-electron chi connectivity index (χ4n) is 3.51. The second kappa shape index (κ2) is 7.93. The highest BCUT2D eigenvalue weighted by molar-refractivity contribution is 6.39. The number of nitrogens with zero attached hydrogens (tertiary/aromatic N) is 3. The van der Waals surface area contributed by atoms with Gasteiger partial charge < -0.3 is 9.55 Å². The predicted molar refractivity (Wildman–Crippen MR) is 125 cm³/mol. The number of halogens is 2. The van der Waals surface area contributed by atoms with E-state index in [0.717, 1.165) is 35.0 Å². The summed E-state index contributed by atoms with van der Waals surface area (Å²) in [4.78, 5) is 13.2. The highest BCUT2D eigenvalue weighted by Crippen LogP contribution is 2.38. The van der Waals surface area contributed by atoms with Crippen molar-refractivity contribution >= 4 is 23.2 Å². The van der Waals surface area contributed by atoms with Crippen molar-refractivity contribution < 1.29 is 0 Å². The molecule has 2 heterocycles. The van der Waals surface area contributed by atoms with Crippen LogP contribution in [0.1, 0.15) is 26.6 Å². The molecule has 154 valence electrons. The smallest absolute Gasteiger partial charge is 0.141 e. The van der Waals surface area contributed by atoms with Gasteiger partial charge >= 0.3 is 0 Å². The molecule has 2 aromatic heterocycles. The van der Waals surface area contributed by atoms with Crippen molar-refractivity contribution in [1.29, 1.82) is 0 Å². The average molecular weight is 439 g/mol. The van der Waals surface area contributed by atoms with Gasteiger partial charge in [0.25, 0.3) is 0 Å². The molecule has 0 unspecified atom stereocenters. The van der Waals surface area contributed by atoms with Crippen LogP contribution < -0.4 is 0 Å². The Hall–Kier alpha value is -2.56. The SMILES string of the molecule is Cc1nc(-c2[nH]c(-c3c(Cl)cccc3Cl)nc2-c2ccccc2)cn1CC(C)(C)C. The summed E-state index contributed by atoms with van der Waals surface area (Å²) in [6.45, 7) is 9.56. The summed E-state index contributed by atoms with van der Waals surface area (Å²) in [5.41, 5.74) is 4.36. The third kappa shape index (κ3) is 4.16. The second-order valence-corrected chi connectivity index (χ2v) is 9.45. The van der Waals surface area contributed by atoms with Gasteiger partial charge in [0.05, 0.1) is 27.0 Å². The summed E-state index contributed by atoms with van der Waals surface area (Å²) in [5, 5.41) is 1.11. The van der Waals surface area contributed by atoms with E-state index in [-0.39, 0.29) is 5.41 Å². The predicted octanol–water partition coefficient (Wildman–Crippen LogP) is 7.27. The van der Waals surface area contributed by atoms with Gasteiger partial charge in [0.15, 0.2) is 0 Å². The second-order valence-electron chi connectivity index (χ2n) is 8.63. The molecule has 4 aromatic rings. The van der Waals surface area contributed by atoms with E-state index < -0.39 is 0 Å². The van der Waals surface area contributed by atoms with Crippen molar-refractivity contribution in [2.75, 3.05) is 0 Å². The number of hydrogen-bond donors (Lipinski definition) is 1. The van der Waals surface area contributed by atoms with Crippen LogP contribution in [0.4, 0.5) is 0 Å². The first-order chi connectivity index (χ1) is 14.2. The molecule has 4 rings (SSSR count). The van der Waals surface area contributed by atoms with E-state index >= 15 is 0 Å². The van der Waals surface area contributed by atoms with E-state index in [2.05, 4.69) is 36.5 Å². The monoisotopic (exact) mass is 438 g/mol. The summed E-state index contributed by atoms with van der Waals surface area (Å²) < 4.78 is 2.19. The molecule has 30 heavy (non-hydrogen) atoms. The first-order valence-electron chi connectivity index (χ1n) is 9.87. The molecular weight excluding hydrogens is 415 g/mol. The Kier molecular flexibility index (Phi) is 5.48. The van der Waals surface area contributed by atoms with E-state index in [0.29, 0.717) is 21.4 Å². The van der Waals surface area contributed by atoms with Crippen LogP contribution in [0.15, 0.2) is 54.7 Å². The normalized spacial score (nSPS) is 11.8. The summed E-state index contributed by atoms with van der Waals surface area (Å²) in [7, 11) is 0. The maximum Gasteiger partial charge on any atom is 0.141 e. The number of benzene rings is 2. The molecule has 0 spiro atoms. The molecule has 0 aliphatic heterocycles. The van der Waals surface area contributed by atoms with Crippen LogP contribution in [0, 0.1) is 12.3 Å². The summed E-state index contributed by atoms with van der Waals surface area (Å²) in [6.07, 6.45) is 2.08. The van der Waals surface area contributed by atoms with Crippen LogP contribution in [0.3, 0.4) is 0 Å². The molecule has 0 bridgehead atoms. The molecule has 0 amide bonds. The zero-order valence-corrected chi connectivity index (χ0v) is 19.0. The van der Waals surface area contributed by atoms with Gasteiger partial charge in [-0.05, 0) is 24.5 Å². The number of H-pyrrole nitrogens is 1. The highest BCUT2D eigenvalue weighted by Gasteiger charge is 2.21. The number of rotatable bonds is 4. The van der Waals surface area contributed by atoms with Gasteiger partial charge in [-0.15, -0.1) is 0 Å². The molecule has 2 aromatic carbocycles. The largest absolute Gasteiger partial charge is 0.336 e. The van der Waals surface area contributed by atoms with E-state index in [4.69, 9.17) is 33.2 Å². The Morgan fingerprint density at radius 3 is 2.23 bits per heavy atom. The molecule has 0 aliphatic carbocycles. The summed E-state index contributed by atoms with van der Waals surface area (Å²) >= 11 is 12.9. The molecule has 0 saturated carbocycles. The Bertz CT molecular complexity index is 1160. The summed E-state index contributed by atoms with van der Waals surface area (Å²) in [6, 6.07) is 15.5. The number of aryl methyl sites for hydroxylation is 1. The molecule has 0 radical (unpaired) electrons. The quantitative estimate of drug-likeness (QED) is 0.364. The number of aromatic amines is 1. The fourth-order valence-corrected chi connectivity index (χ4v) is 4.08. The van der Waals surface area contributed by atoms with Crippen molar-refractivity contribution in [3.05, 3.63) is 70.6 Å². The van der Waals surface area contributed by atoms with Crippen LogP contribution in [-0.4, -0.2) is 19.5 Å². The van der Waals surface area contributed by atoms with Crippen LogP contribution in [0.25, 0.3) is 34.0 Å². The minimum absolute atomic E-state index is 0.148. The standard InChI is InChI=1S/C24H24Cl2N4/c1-15-27-19(13-30(15)14-24(2,3)4)22-21(16-9-6-5-7-10-16)28-23(29-22)20-17(25)11-8-12-18(20)26/h5-13H,14H2,1-4H3,(H,28,29). The topological polar surface area (TPSA) is 46.5 Å². The van der Waals surface area contributed by atoms with Gasteiger partial charge in [-0.1, -0.05) is 80.4 Å². The van der Waals surface area contributed by atoms with Crippen LogP contribution >= 0.6 is 23.2 Å². The maximum absolute atomic E-state index is 6.46. The van der Waals surface area contributed by atoms with Gasteiger partial charge in [0, 0.05) is 18.3 Å². The first-order valence-corrected chi connectivity index (χ1v) is 10.6. The zero-order valence-electron chi connectivity index (χ0n) is 17.5. The molecule has 4 nitrogen and oxygen atoms in total. The van der Waals surface area contributed by atoms with Gasteiger partial charge in [0.1, 0.15) is 17.3 Å². The molecular formula is C24H24Cl2N4. The lowest BCUT2D eigenvalue weighted by atomic mass is 9.97. The van der Waals surface area contributed by atoms with Crippen LogP contribution in [0.5, 0.6) is 0 Å². The van der Waals surface area contributed by atoms with Gasteiger partial charge in [-0.3, -0.25) is 0 Å². The Labute approximate surface area is 186 Å². The maximum atomic E-state index is 6.46. The highest BCUT2D eigenvalue weighted by atomic mass is 35.5. The number of nitrogens with one attached hydrogen (secondary N) is 1. The van der Waals surface area contributed by atoms with Gasteiger partial charge in [-0.2, -0.15) is 0 Å². The summed E-state index contributed by atoms with van der Waals surface area (Å²) in [5.74, 6) is 1.59. The lowest BCUT2D eigenvalue weighted by Gasteiger charge is -2.19. The van der Waals surface area contributed by atoms with Gasteiger partial charge in [-0.25, -0.2) is 9.97 Å².